The smallest absolute Gasteiger partial charge is 0.243 e. The van der Waals surface area contributed by atoms with Crippen LogP contribution in [0.2, 0.25) is 0 Å². The Labute approximate surface area is 125 Å². The van der Waals surface area contributed by atoms with Crippen molar-refractivity contribution in [3.05, 3.63) is 0 Å². The van der Waals surface area contributed by atoms with Crippen molar-refractivity contribution in [1.82, 2.24) is 15.0 Å². The van der Waals surface area contributed by atoms with E-state index in [4.69, 9.17) is 5.84 Å². The van der Waals surface area contributed by atoms with Gasteiger partial charge >= 0.3 is 0 Å². The van der Waals surface area contributed by atoms with Crippen molar-refractivity contribution in [1.29, 1.82) is 0 Å². The minimum Gasteiger partial charge on any atom is -0.395 e. The third kappa shape index (κ3) is 4.15. The molecular weight excluding hydrogens is 270 g/mol. The van der Waals surface area contributed by atoms with Crippen molar-refractivity contribution in [3.8, 4) is 0 Å². The molecule has 1 aliphatic rings. The number of aromatic nitrogens is 3. The van der Waals surface area contributed by atoms with Crippen LogP contribution in [0.3, 0.4) is 0 Å². The van der Waals surface area contributed by atoms with Gasteiger partial charge in [-0.1, -0.05) is 13.3 Å². The van der Waals surface area contributed by atoms with E-state index in [-0.39, 0.29) is 6.61 Å². The number of unbranched alkanes of at least 4 members (excludes halogenated alkanes) is 1. The second-order valence-electron chi connectivity index (χ2n) is 5.16. The highest BCUT2D eigenvalue weighted by Gasteiger charge is 2.19. The predicted molar refractivity (Wildman–Crippen MR) is 83.3 cm³/mol. The molecule has 1 saturated heterocycles. The highest BCUT2D eigenvalue weighted by atomic mass is 16.3. The molecule has 0 radical (unpaired) electrons. The van der Waals surface area contributed by atoms with Crippen molar-refractivity contribution in [2.75, 3.05) is 48.0 Å². The molecule has 0 atom stereocenters. The first-order valence-electron chi connectivity index (χ1n) is 7.62. The minimum atomic E-state index is 0.0693. The summed E-state index contributed by atoms with van der Waals surface area (Å²) in [4.78, 5) is 17.3. The lowest BCUT2D eigenvalue weighted by Gasteiger charge is -2.23. The van der Waals surface area contributed by atoms with Gasteiger partial charge in [0.25, 0.3) is 0 Å². The molecule has 1 fully saturated rings. The van der Waals surface area contributed by atoms with Crippen LogP contribution < -0.4 is 21.1 Å². The Morgan fingerprint density at radius 1 is 1.24 bits per heavy atom. The largest absolute Gasteiger partial charge is 0.395 e. The highest BCUT2D eigenvalue weighted by Crippen LogP contribution is 2.20. The summed E-state index contributed by atoms with van der Waals surface area (Å²) in [6.07, 6.45) is 4.41. The first kappa shape index (κ1) is 15.7. The van der Waals surface area contributed by atoms with E-state index < -0.39 is 0 Å². The molecule has 1 aliphatic heterocycles. The fraction of sp³-hybridized carbons (Fsp3) is 0.769. The van der Waals surface area contributed by atoms with Crippen LogP contribution in [-0.2, 0) is 0 Å². The van der Waals surface area contributed by atoms with Gasteiger partial charge in [0.05, 0.1) is 6.61 Å². The normalized spacial score (nSPS) is 14.5. The lowest BCUT2D eigenvalue weighted by Crippen LogP contribution is -2.31. The summed E-state index contributed by atoms with van der Waals surface area (Å²) < 4.78 is 0. The summed E-state index contributed by atoms with van der Waals surface area (Å²) >= 11 is 0. The van der Waals surface area contributed by atoms with Crippen LogP contribution in [0, 0.1) is 0 Å². The summed E-state index contributed by atoms with van der Waals surface area (Å²) in [5.74, 6) is 7.06. The Balaban J connectivity index is 2.24. The molecule has 0 bridgehead atoms. The van der Waals surface area contributed by atoms with Gasteiger partial charge in [-0.15, -0.1) is 0 Å². The number of hydrazine groups is 1. The quantitative estimate of drug-likeness (QED) is 0.466. The zero-order valence-corrected chi connectivity index (χ0v) is 12.6. The van der Waals surface area contributed by atoms with Crippen LogP contribution >= 0.6 is 0 Å². The summed E-state index contributed by atoms with van der Waals surface area (Å²) in [7, 11) is 0. The molecule has 0 aromatic carbocycles. The average Bonchev–Trinajstić information content (AvgIpc) is 3.05. The van der Waals surface area contributed by atoms with E-state index in [1.165, 1.54) is 0 Å². The summed E-state index contributed by atoms with van der Waals surface area (Å²) in [6.45, 7) is 5.44. The molecule has 0 spiro atoms. The van der Waals surface area contributed by atoms with Crippen molar-refractivity contribution >= 4 is 17.8 Å². The Hall–Kier alpha value is -1.67. The molecule has 21 heavy (non-hydrogen) atoms. The molecule has 8 nitrogen and oxygen atoms in total. The van der Waals surface area contributed by atoms with Gasteiger partial charge in [0.2, 0.25) is 17.8 Å². The van der Waals surface area contributed by atoms with Gasteiger partial charge in [-0.05, 0) is 19.3 Å². The van der Waals surface area contributed by atoms with E-state index in [2.05, 4.69) is 32.2 Å². The van der Waals surface area contributed by atoms with E-state index in [1.54, 1.807) is 0 Å². The second kappa shape index (κ2) is 7.94. The third-order valence-electron chi connectivity index (χ3n) is 3.56. The second-order valence-corrected chi connectivity index (χ2v) is 5.16. The zero-order chi connectivity index (χ0) is 15.1. The molecule has 0 amide bonds. The molecule has 0 saturated carbocycles. The van der Waals surface area contributed by atoms with E-state index in [9.17, 15) is 5.11 Å². The third-order valence-corrected chi connectivity index (χ3v) is 3.56. The van der Waals surface area contributed by atoms with Crippen LogP contribution in [0.1, 0.15) is 32.6 Å². The fourth-order valence-corrected chi connectivity index (χ4v) is 2.40. The fourth-order valence-electron chi connectivity index (χ4n) is 2.40. The van der Waals surface area contributed by atoms with Crippen LogP contribution in [-0.4, -0.2) is 52.8 Å². The number of nitrogens with zero attached hydrogens (tertiary/aromatic N) is 5. The number of aliphatic hydroxyl groups excluding tert-OH is 1. The standard InChI is InChI=1S/C13H25N7O/c1-2-3-6-20(9-10-21)13-16-11(18-14)15-12(17-13)19-7-4-5-8-19/h21H,2-10,14H2,1H3,(H,15,16,17,18). The van der Waals surface area contributed by atoms with Gasteiger partial charge in [0.1, 0.15) is 0 Å². The number of nitrogens with two attached hydrogens (primary N) is 1. The topological polar surface area (TPSA) is 103 Å². The average molecular weight is 295 g/mol. The molecule has 2 rings (SSSR count). The van der Waals surface area contributed by atoms with E-state index in [1.807, 2.05) is 4.90 Å². The lowest BCUT2D eigenvalue weighted by atomic mass is 10.3. The van der Waals surface area contributed by atoms with Crippen molar-refractivity contribution in [3.63, 3.8) is 0 Å². The molecular formula is C13H25N7O. The van der Waals surface area contributed by atoms with Gasteiger partial charge in [0.15, 0.2) is 0 Å². The SMILES string of the molecule is CCCCN(CCO)c1nc(NN)nc(N2CCCC2)n1. The number of hydrogen-bond acceptors (Lipinski definition) is 8. The van der Waals surface area contributed by atoms with Gasteiger partial charge in [0, 0.05) is 26.2 Å². The molecule has 1 aromatic rings. The molecule has 118 valence electrons. The number of hydrogen-bond donors (Lipinski definition) is 3. The van der Waals surface area contributed by atoms with Gasteiger partial charge < -0.3 is 14.9 Å². The lowest BCUT2D eigenvalue weighted by molar-refractivity contribution is 0.301. The summed E-state index contributed by atoms with van der Waals surface area (Å²) in [5, 5.41) is 9.24. The van der Waals surface area contributed by atoms with Crippen molar-refractivity contribution in [2.24, 2.45) is 5.84 Å². The highest BCUT2D eigenvalue weighted by molar-refractivity contribution is 5.45. The first-order valence-corrected chi connectivity index (χ1v) is 7.62. The maximum atomic E-state index is 9.24. The first-order chi connectivity index (χ1) is 10.3. The monoisotopic (exact) mass is 295 g/mol. The zero-order valence-electron chi connectivity index (χ0n) is 12.6. The predicted octanol–water partition coefficient (Wildman–Crippen LogP) is 0.356. The van der Waals surface area contributed by atoms with Crippen LogP contribution in [0.15, 0.2) is 0 Å². The van der Waals surface area contributed by atoms with Gasteiger partial charge in [-0.3, -0.25) is 5.43 Å². The molecule has 1 aromatic heterocycles. The molecule has 4 N–H and O–H groups in total. The number of aliphatic hydroxyl groups is 1. The molecule has 8 heteroatoms. The maximum Gasteiger partial charge on any atom is 0.243 e. The minimum absolute atomic E-state index is 0.0693. The molecule has 0 unspecified atom stereocenters. The number of anilines is 3. The van der Waals surface area contributed by atoms with E-state index in [0.717, 1.165) is 45.3 Å². The number of nitrogens with one attached hydrogen (secondary N) is 1. The Morgan fingerprint density at radius 3 is 2.62 bits per heavy atom. The summed E-state index contributed by atoms with van der Waals surface area (Å²) in [6, 6.07) is 0. The number of nitrogen functional groups attached to an aromatic ring is 1. The molecule has 0 aliphatic carbocycles. The van der Waals surface area contributed by atoms with Gasteiger partial charge in [-0.2, -0.15) is 15.0 Å². The van der Waals surface area contributed by atoms with E-state index >= 15 is 0 Å². The van der Waals surface area contributed by atoms with Crippen LogP contribution in [0.4, 0.5) is 17.8 Å². The number of rotatable bonds is 8. The molecule has 2 heterocycles. The Bertz CT molecular complexity index is 437. The van der Waals surface area contributed by atoms with Crippen LogP contribution in [0.25, 0.3) is 0 Å². The Kier molecular flexibility index (Phi) is 5.94. The van der Waals surface area contributed by atoms with Crippen LogP contribution in [0.5, 0.6) is 0 Å². The van der Waals surface area contributed by atoms with E-state index in [0.29, 0.717) is 24.4 Å². The van der Waals surface area contributed by atoms with Gasteiger partial charge in [-0.25, -0.2) is 5.84 Å². The van der Waals surface area contributed by atoms with Crippen molar-refractivity contribution in [2.45, 2.75) is 32.6 Å². The maximum absolute atomic E-state index is 9.24. The summed E-state index contributed by atoms with van der Waals surface area (Å²) in [5.41, 5.74) is 2.51. The van der Waals surface area contributed by atoms with Crippen molar-refractivity contribution < 1.29 is 5.11 Å². The Morgan fingerprint density at radius 2 is 2.00 bits per heavy atom.